The number of unbranched alkanes of at least 4 members (excludes halogenated alkanes) is 4. The number of rotatable bonds is 10. The lowest BCUT2D eigenvalue weighted by Crippen LogP contribution is -2.32. The largest absolute Gasteiger partial charge is 0.393 e. The summed E-state index contributed by atoms with van der Waals surface area (Å²) in [7, 11) is 1.87. The van der Waals surface area contributed by atoms with Crippen LogP contribution in [0.2, 0.25) is 0 Å². The molecule has 0 aromatic rings. The lowest BCUT2D eigenvalue weighted by molar-refractivity contribution is -0.131. The zero-order valence-corrected chi connectivity index (χ0v) is 12.6. The Morgan fingerprint density at radius 1 is 1.11 bits per heavy atom. The second-order valence-corrected chi connectivity index (χ2v) is 5.47. The minimum Gasteiger partial charge on any atom is -0.393 e. The molecule has 3 heteroatoms. The maximum atomic E-state index is 11.7. The van der Waals surface area contributed by atoms with E-state index in [0.29, 0.717) is 12.5 Å². The molecule has 0 rings (SSSR count). The van der Waals surface area contributed by atoms with Crippen molar-refractivity contribution in [3.63, 3.8) is 0 Å². The molecule has 0 aliphatic carbocycles. The van der Waals surface area contributed by atoms with Crippen LogP contribution in [0.5, 0.6) is 0 Å². The van der Waals surface area contributed by atoms with E-state index >= 15 is 0 Å². The van der Waals surface area contributed by atoms with Crippen LogP contribution in [0.15, 0.2) is 0 Å². The van der Waals surface area contributed by atoms with Gasteiger partial charge in [0, 0.05) is 19.5 Å². The van der Waals surface area contributed by atoms with Gasteiger partial charge in [-0.15, -0.1) is 0 Å². The normalized spacial score (nSPS) is 12.8. The molecule has 1 amide bonds. The van der Waals surface area contributed by atoms with Crippen molar-refractivity contribution < 1.29 is 9.90 Å². The molecule has 0 saturated carbocycles. The monoisotopic (exact) mass is 257 g/mol. The van der Waals surface area contributed by atoms with E-state index in [2.05, 4.69) is 0 Å². The fourth-order valence-electron chi connectivity index (χ4n) is 1.85. The van der Waals surface area contributed by atoms with Crippen LogP contribution in [0, 0.1) is 0 Å². The minimum atomic E-state index is -0.119. The van der Waals surface area contributed by atoms with Crippen molar-refractivity contribution in [1.82, 2.24) is 4.90 Å². The van der Waals surface area contributed by atoms with Crippen LogP contribution in [0.25, 0.3) is 0 Å². The lowest BCUT2D eigenvalue weighted by atomic mass is 10.1. The van der Waals surface area contributed by atoms with Crippen molar-refractivity contribution >= 4 is 5.91 Å². The van der Waals surface area contributed by atoms with Gasteiger partial charge in [0.1, 0.15) is 0 Å². The Labute approximate surface area is 113 Å². The maximum Gasteiger partial charge on any atom is 0.222 e. The van der Waals surface area contributed by atoms with Gasteiger partial charge >= 0.3 is 0 Å². The quantitative estimate of drug-likeness (QED) is 0.610. The number of amides is 1. The first-order chi connectivity index (χ1) is 8.49. The molecule has 18 heavy (non-hydrogen) atoms. The predicted molar refractivity (Wildman–Crippen MR) is 76.5 cm³/mol. The molecular formula is C15H31NO2. The van der Waals surface area contributed by atoms with Gasteiger partial charge < -0.3 is 10.0 Å². The van der Waals surface area contributed by atoms with Gasteiger partial charge in [0.15, 0.2) is 0 Å². The molecule has 0 aromatic heterocycles. The van der Waals surface area contributed by atoms with E-state index in [0.717, 1.165) is 32.1 Å². The van der Waals surface area contributed by atoms with Gasteiger partial charge in [-0.25, -0.2) is 0 Å². The third kappa shape index (κ3) is 8.51. The van der Waals surface area contributed by atoms with Crippen molar-refractivity contribution in [1.29, 1.82) is 0 Å². The summed E-state index contributed by atoms with van der Waals surface area (Å²) in [6.45, 7) is 6.09. The predicted octanol–water partition coefficient (Wildman–Crippen LogP) is 3.35. The zero-order chi connectivity index (χ0) is 14.0. The molecule has 1 unspecified atom stereocenters. The van der Waals surface area contributed by atoms with Crippen molar-refractivity contribution in [2.75, 3.05) is 7.05 Å². The molecule has 0 aliphatic heterocycles. The molecule has 1 N–H and O–H groups in total. The summed E-state index contributed by atoms with van der Waals surface area (Å²) in [4.78, 5) is 13.5. The van der Waals surface area contributed by atoms with Crippen LogP contribution < -0.4 is 0 Å². The first kappa shape index (κ1) is 17.4. The number of aliphatic hydroxyl groups excluding tert-OH is 1. The minimum absolute atomic E-state index is 0.119. The number of hydrogen-bond acceptors (Lipinski definition) is 2. The Balaban J connectivity index is 3.38. The van der Waals surface area contributed by atoms with Gasteiger partial charge in [-0.05, 0) is 33.1 Å². The van der Waals surface area contributed by atoms with Crippen LogP contribution in [-0.2, 0) is 4.79 Å². The summed E-state index contributed by atoms with van der Waals surface area (Å²) in [6, 6.07) is 0.299. The number of hydrogen-bond donors (Lipinski definition) is 1. The van der Waals surface area contributed by atoms with Crippen molar-refractivity contribution in [3.8, 4) is 0 Å². The molecule has 0 aliphatic rings. The van der Waals surface area contributed by atoms with E-state index in [-0.39, 0.29) is 12.0 Å². The summed E-state index contributed by atoms with van der Waals surface area (Å²) in [5, 5.41) is 9.40. The molecule has 1 atom stereocenters. The molecule has 0 fully saturated rings. The number of carbonyl (C=O) groups excluding carboxylic acids is 1. The standard InChI is InChI=1S/C15H31NO2/c1-5-14(17)11-9-7-6-8-10-12-15(18)16(4)13(2)3/h13-14,17H,5-12H2,1-4H3. The summed E-state index contributed by atoms with van der Waals surface area (Å²) >= 11 is 0. The summed E-state index contributed by atoms with van der Waals surface area (Å²) in [5.74, 6) is 0.256. The molecule has 108 valence electrons. The zero-order valence-electron chi connectivity index (χ0n) is 12.6. The lowest BCUT2D eigenvalue weighted by Gasteiger charge is -2.21. The van der Waals surface area contributed by atoms with Gasteiger partial charge in [0.2, 0.25) is 5.91 Å². The van der Waals surface area contributed by atoms with Crippen molar-refractivity contribution in [2.24, 2.45) is 0 Å². The number of aliphatic hydroxyl groups is 1. The highest BCUT2D eigenvalue weighted by Crippen LogP contribution is 2.11. The average molecular weight is 257 g/mol. The van der Waals surface area contributed by atoms with Crippen LogP contribution in [0.4, 0.5) is 0 Å². The second kappa shape index (κ2) is 10.4. The topological polar surface area (TPSA) is 40.5 Å². The van der Waals surface area contributed by atoms with Crippen LogP contribution >= 0.6 is 0 Å². The van der Waals surface area contributed by atoms with Gasteiger partial charge in [-0.3, -0.25) is 4.79 Å². The van der Waals surface area contributed by atoms with Crippen molar-refractivity contribution in [2.45, 2.75) is 84.3 Å². The molecule has 0 spiro atoms. The fourth-order valence-corrected chi connectivity index (χ4v) is 1.85. The van der Waals surface area contributed by atoms with E-state index in [1.807, 2.05) is 32.7 Å². The van der Waals surface area contributed by atoms with Crippen LogP contribution in [0.1, 0.15) is 72.1 Å². The van der Waals surface area contributed by atoms with Crippen molar-refractivity contribution in [3.05, 3.63) is 0 Å². The average Bonchev–Trinajstić information content (AvgIpc) is 2.35. The van der Waals surface area contributed by atoms with E-state index in [1.165, 1.54) is 12.8 Å². The van der Waals surface area contributed by atoms with Gasteiger partial charge in [-0.1, -0.05) is 32.6 Å². The molecule has 3 nitrogen and oxygen atoms in total. The van der Waals surface area contributed by atoms with Gasteiger partial charge in [-0.2, -0.15) is 0 Å². The molecule has 0 bridgehead atoms. The molecule has 0 heterocycles. The highest BCUT2D eigenvalue weighted by molar-refractivity contribution is 5.76. The maximum absolute atomic E-state index is 11.7. The first-order valence-corrected chi connectivity index (χ1v) is 7.42. The smallest absolute Gasteiger partial charge is 0.222 e. The fraction of sp³-hybridized carbons (Fsp3) is 0.933. The molecule has 0 saturated heterocycles. The third-order valence-electron chi connectivity index (χ3n) is 3.57. The highest BCUT2D eigenvalue weighted by Gasteiger charge is 2.10. The van der Waals surface area contributed by atoms with E-state index < -0.39 is 0 Å². The van der Waals surface area contributed by atoms with E-state index in [9.17, 15) is 9.90 Å². The summed E-state index contributed by atoms with van der Waals surface area (Å²) in [5.41, 5.74) is 0. The van der Waals surface area contributed by atoms with E-state index in [1.54, 1.807) is 0 Å². The Morgan fingerprint density at radius 2 is 1.67 bits per heavy atom. The first-order valence-electron chi connectivity index (χ1n) is 7.42. The molecule has 0 radical (unpaired) electrons. The highest BCUT2D eigenvalue weighted by atomic mass is 16.3. The summed E-state index contributed by atoms with van der Waals surface area (Å²) in [6.07, 6.45) is 7.90. The Hall–Kier alpha value is -0.570. The van der Waals surface area contributed by atoms with Gasteiger partial charge in [0.25, 0.3) is 0 Å². The van der Waals surface area contributed by atoms with Crippen LogP contribution in [-0.4, -0.2) is 35.1 Å². The number of carbonyl (C=O) groups is 1. The molecular weight excluding hydrogens is 226 g/mol. The van der Waals surface area contributed by atoms with Gasteiger partial charge in [0.05, 0.1) is 6.10 Å². The van der Waals surface area contributed by atoms with Crippen LogP contribution in [0.3, 0.4) is 0 Å². The SMILES string of the molecule is CCC(O)CCCCCCCC(=O)N(C)C(C)C. The Bertz CT molecular complexity index is 217. The van der Waals surface area contributed by atoms with E-state index in [4.69, 9.17) is 0 Å². The Morgan fingerprint density at radius 3 is 2.22 bits per heavy atom. The molecule has 0 aromatic carbocycles. The summed E-state index contributed by atoms with van der Waals surface area (Å²) < 4.78 is 0. The Kier molecular flexibility index (Phi) is 10.0. The number of nitrogens with zero attached hydrogens (tertiary/aromatic N) is 1. The second-order valence-electron chi connectivity index (χ2n) is 5.47. The third-order valence-corrected chi connectivity index (χ3v) is 3.57.